The van der Waals surface area contributed by atoms with E-state index in [2.05, 4.69) is 10.2 Å². The molecule has 3 rings (SSSR count). The van der Waals surface area contributed by atoms with E-state index >= 15 is 0 Å². The van der Waals surface area contributed by atoms with E-state index < -0.39 is 18.1 Å². The number of anilines is 2. The van der Waals surface area contributed by atoms with Crippen LogP contribution in [0.15, 0.2) is 66.0 Å². The molecule has 180 valence electrons. The number of halogens is 3. The quantitative estimate of drug-likeness (QED) is 0.408. The largest absolute Gasteiger partial charge is 0.490 e. The number of carbonyl (C=O) groups is 3. The number of hydrogen-bond donors (Lipinski definition) is 3. The van der Waals surface area contributed by atoms with Gasteiger partial charge in [0.05, 0.1) is 21.8 Å². The predicted octanol–water partition coefficient (Wildman–Crippen LogP) is 5.36. The number of aliphatic carboxylic acids is 1. The zero-order chi connectivity index (χ0) is 25.3. The molecule has 3 N–H and O–H groups in total. The lowest BCUT2D eigenvalue weighted by atomic mass is 10.1. The van der Waals surface area contributed by atoms with Gasteiger partial charge in [-0.25, -0.2) is 9.59 Å². The summed E-state index contributed by atoms with van der Waals surface area (Å²) in [6.07, 6.45) is -5.08. The zero-order valence-corrected chi connectivity index (χ0v) is 18.7. The SMILES string of the molecule is CCN(Cc1ccccc1)c1ccc(C(=O)O)cc1NC(=O)c1cccs1.O=C(O)C(F)(F)F. The highest BCUT2D eigenvalue weighted by atomic mass is 32.1. The van der Waals surface area contributed by atoms with Gasteiger partial charge in [-0.15, -0.1) is 11.3 Å². The fourth-order valence-electron chi connectivity index (χ4n) is 2.81. The molecule has 34 heavy (non-hydrogen) atoms. The smallest absolute Gasteiger partial charge is 0.478 e. The number of nitrogens with zero attached hydrogens (tertiary/aromatic N) is 1. The van der Waals surface area contributed by atoms with Crippen LogP contribution in [0.5, 0.6) is 0 Å². The van der Waals surface area contributed by atoms with Crippen LogP contribution in [0.25, 0.3) is 0 Å². The molecule has 0 atom stereocenters. The van der Waals surface area contributed by atoms with Crippen molar-refractivity contribution in [2.24, 2.45) is 0 Å². The van der Waals surface area contributed by atoms with Gasteiger partial charge in [0.15, 0.2) is 0 Å². The fourth-order valence-corrected chi connectivity index (χ4v) is 3.43. The van der Waals surface area contributed by atoms with E-state index in [0.717, 1.165) is 11.3 Å². The van der Waals surface area contributed by atoms with Crippen molar-refractivity contribution in [2.75, 3.05) is 16.8 Å². The molecule has 0 aliphatic carbocycles. The van der Waals surface area contributed by atoms with Gasteiger partial charge in [0, 0.05) is 13.1 Å². The Morgan fingerprint density at radius 1 is 1.00 bits per heavy atom. The summed E-state index contributed by atoms with van der Waals surface area (Å²) in [7, 11) is 0. The molecule has 7 nitrogen and oxygen atoms in total. The van der Waals surface area contributed by atoms with Gasteiger partial charge in [-0.05, 0) is 42.1 Å². The number of aromatic carboxylic acids is 1. The Bertz CT molecular complexity index is 1120. The zero-order valence-electron chi connectivity index (χ0n) is 17.9. The number of carboxylic acids is 2. The maximum atomic E-state index is 12.5. The summed E-state index contributed by atoms with van der Waals surface area (Å²) in [5.74, 6) is -4.03. The molecule has 0 bridgehead atoms. The molecule has 0 unspecified atom stereocenters. The van der Waals surface area contributed by atoms with Crippen LogP contribution < -0.4 is 10.2 Å². The Morgan fingerprint density at radius 2 is 1.65 bits per heavy atom. The van der Waals surface area contributed by atoms with Crippen LogP contribution in [0, 0.1) is 0 Å². The monoisotopic (exact) mass is 494 g/mol. The molecule has 3 aromatic rings. The van der Waals surface area contributed by atoms with Crippen LogP contribution in [0.1, 0.15) is 32.5 Å². The predicted molar refractivity (Wildman–Crippen MR) is 123 cm³/mol. The normalized spacial score (nSPS) is 10.6. The summed E-state index contributed by atoms with van der Waals surface area (Å²) in [6.45, 7) is 3.40. The molecule has 1 aromatic heterocycles. The van der Waals surface area contributed by atoms with Gasteiger partial charge >= 0.3 is 18.1 Å². The Hall–Kier alpha value is -3.86. The summed E-state index contributed by atoms with van der Waals surface area (Å²) in [6, 6.07) is 18.4. The summed E-state index contributed by atoms with van der Waals surface area (Å²) in [5, 5.41) is 21.2. The molecule has 1 heterocycles. The minimum atomic E-state index is -5.08. The van der Waals surface area contributed by atoms with Crippen LogP contribution in [-0.4, -0.2) is 40.8 Å². The number of benzene rings is 2. The summed E-state index contributed by atoms with van der Waals surface area (Å²) < 4.78 is 31.7. The number of thiophene rings is 1. The van der Waals surface area contributed by atoms with Crippen LogP contribution in [0.3, 0.4) is 0 Å². The third-order valence-corrected chi connectivity index (χ3v) is 5.29. The first-order valence-corrected chi connectivity index (χ1v) is 10.7. The molecule has 0 fully saturated rings. The number of rotatable bonds is 7. The Balaban J connectivity index is 0.000000509. The van der Waals surface area contributed by atoms with E-state index in [-0.39, 0.29) is 11.5 Å². The lowest BCUT2D eigenvalue weighted by Crippen LogP contribution is -2.24. The number of carbonyl (C=O) groups excluding carboxylic acids is 1. The standard InChI is InChI=1S/C21H20N2O3S.C2HF3O2/c1-2-23(14-15-7-4-3-5-8-15)18-11-10-16(21(25)26)13-17(18)22-20(24)19-9-6-12-27-19;3-2(4,5)1(6)7/h3-13H,2,14H2,1H3,(H,22,24)(H,25,26);(H,6,7). The van der Waals surface area contributed by atoms with E-state index in [1.54, 1.807) is 18.2 Å². The van der Waals surface area contributed by atoms with Crippen molar-refractivity contribution in [3.05, 3.63) is 82.0 Å². The first-order valence-electron chi connectivity index (χ1n) is 9.84. The van der Waals surface area contributed by atoms with Crippen molar-refractivity contribution in [2.45, 2.75) is 19.6 Å². The van der Waals surface area contributed by atoms with Gasteiger partial charge in [-0.1, -0.05) is 36.4 Å². The van der Waals surface area contributed by atoms with Gasteiger partial charge in [-0.2, -0.15) is 13.2 Å². The van der Waals surface area contributed by atoms with E-state index in [4.69, 9.17) is 9.90 Å². The van der Waals surface area contributed by atoms with Crippen molar-refractivity contribution in [3.8, 4) is 0 Å². The number of alkyl halides is 3. The first kappa shape index (κ1) is 26.4. The van der Waals surface area contributed by atoms with E-state index in [9.17, 15) is 27.9 Å². The second kappa shape index (κ2) is 11.8. The summed E-state index contributed by atoms with van der Waals surface area (Å²) in [5.41, 5.74) is 2.55. The Morgan fingerprint density at radius 3 is 2.15 bits per heavy atom. The van der Waals surface area contributed by atoms with Gasteiger partial charge in [0.25, 0.3) is 5.91 Å². The van der Waals surface area contributed by atoms with Gasteiger partial charge in [0.2, 0.25) is 0 Å². The van der Waals surface area contributed by atoms with Gasteiger partial charge in [0.1, 0.15) is 0 Å². The van der Waals surface area contributed by atoms with Crippen molar-refractivity contribution in [3.63, 3.8) is 0 Å². The molecular formula is C23H21F3N2O5S. The highest BCUT2D eigenvalue weighted by molar-refractivity contribution is 7.12. The van der Waals surface area contributed by atoms with E-state index in [1.165, 1.54) is 17.4 Å². The molecule has 0 aliphatic rings. The third-order valence-electron chi connectivity index (χ3n) is 4.42. The minimum absolute atomic E-state index is 0.135. The molecule has 0 spiro atoms. The molecule has 0 radical (unpaired) electrons. The minimum Gasteiger partial charge on any atom is -0.478 e. The molecule has 0 aliphatic heterocycles. The average molecular weight is 494 g/mol. The topological polar surface area (TPSA) is 107 Å². The second-order valence-electron chi connectivity index (χ2n) is 6.77. The van der Waals surface area contributed by atoms with Crippen LogP contribution in [0.4, 0.5) is 24.5 Å². The maximum absolute atomic E-state index is 12.5. The van der Waals surface area contributed by atoms with E-state index in [1.807, 2.05) is 48.7 Å². The first-order chi connectivity index (χ1) is 16.0. The van der Waals surface area contributed by atoms with Crippen molar-refractivity contribution in [1.29, 1.82) is 0 Å². The summed E-state index contributed by atoms with van der Waals surface area (Å²) >= 11 is 1.34. The van der Waals surface area contributed by atoms with Gasteiger partial charge < -0.3 is 20.4 Å². The maximum Gasteiger partial charge on any atom is 0.490 e. The third kappa shape index (κ3) is 7.62. The molecule has 1 amide bonds. The van der Waals surface area contributed by atoms with Crippen molar-refractivity contribution in [1.82, 2.24) is 0 Å². The van der Waals surface area contributed by atoms with Crippen LogP contribution >= 0.6 is 11.3 Å². The highest BCUT2D eigenvalue weighted by Crippen LogP contribution is 2.29. The lowest BCUT2D eigenvalue weighted by Gasteiger charge is -2.26. The lowest BCUT2D eigenvalue weighted by molar-refractivity contribution is -0.192. The van der Waals surface area contributed by atoms with Crippen molar-refractivity contribution < 1.29 is 37.8 Å². The van der Waals surface area contributed by atoms with Crippen molar-refractivity contribution >= 4 is 40.6 Å². The Kier molecular flexibility index (Phi) is 9.19. The number of amides is 1. The summed E-state index contributed by atoms with van der Waals surface area (Å²) in [4.78, 5) is 35.5. The number of hydrogen-bond acceptors (Lipinski definition) is 5. The van der Waals surface area contributed by atoms with Crippen LogP contribution in [-0.2, 0) is 11.3 Å². The Labute approximate surface area is 197 Å². The average Bonchev–Trinajstić information content (AvgIpc) is 3.33. The number of nitrogens with one attached hydrogen (secondary N) is 1. The molecule has 2 aromatic carbocycles. The number of carboxylic acid groups (broad SMARTS) is 2. The molecule has 0 saturated heterocycles. The van der Waals surface area contributed by atoms with Crippen LogP contribution in [0.2, 0.25) is 0 Å². The second-order valence-corrected chi connectivity index (χ2v) is 7.72. The van der Waals surface area contributed by atoms with Gasteiger partial charge in [-0.3, -0.25) is 4.79 Å². The molecule has 11 heteroatoms. The molecule has 0 saturated carbocycles. The fraction of sp³-hybridized carbons (Fsp3) is 0.174. The molecular weight excluding hydrogens is 473 g/mol. The highest BCUT2D eigenvalue weighted by Gasteiger charge is 2.38. The van der Waals surface area contributed by atoms with E-state index in [0.29, 0.717) is 23.7 Å².